The van der Waals surface area contributed by atoms with E-state index in [1.807, 2.05) is 0 Å². The summed E-state index contributed by atoms with van der Waals surface area (Å²) >= 11 is 0.898. The van der Waals surface area contributed by atoms with Crippen molar-refractivity contribution in [3.05, 3.63) is 148 Å². The molecular formula is C48H52Cl2F6Zr-2. The van der Waals surface area contributed by atoms with E-state index in [1.54, 1.807) is 0 Å². The predicted molar refractivity (Wildman–Crippen MR) is 214 cm³/mol. The van der Waals surface area contributed by atoms with Crippen LogP contribution in [-0.4, -0.2) is 3.21 Å². The van der Waals surface area contributed by atoms with Gasteiger partial charge < -0.3 is 24.8 Å². The fraction of sp³-hybridized carbons (Fsp3) is 0.375. The van der Waals surface area contributed by atoms with Gasteiger partial charge in [0.1, 0.15) is 0 Å². The van der Waals surface area contributed by atoms with E-state index in [2.05, 4.69) is 137 Å². The Hall–Kier alpha value is -2.86. The summed E-state index contributed by atoms with van der Waals surface area (Å²) in [6.07, 6.45) is -0.913. The van der Waals surface area contributed by atoms with E-state index in [0.29, 0.717) is 26.2 Å². The van der Waals surface area contributed by atoms with Gasteiger partial charge in [0.2, 0.25) is 0 Å². The Labute approximate surface area is 362 Å². The van der Waals surface area contributed by atoms with Gasteiger partial charge >= 0.3 is 137 Å². The zero-order valence-corrected chi connectivity index (χ0v) is 38.5. The van der Waals surface area contributed by atoms with Gasteiger partial charge in [0, 0.05) is 0 Å². The zero-order valence-electron chi connectivity index (χ0n) is 34.5. The van der Waals surface area contributed by atoms with Crippen molar-refractivity contribution in [3.8, 4) is 0 Å². The van der Waals surface area contributed by atoms with E-state index in [9.17, 15) is 26.3 Å². The Balaban J connectivity index is 0.000000302. The van der Waals surface area contributed by atoms with Gasteiger partial charge in [-0.05, 0) is 10.8 Å². The van der Waals surface area contributed by atoms with E-state index in [4.69, 9.17) is 0 Å². The quantitative estimate of drug-likeness (QED) is 0.126. The third-order valence-corrected chi connectivity index (χ3v) is 11.2. The summed E-state index contributed by atoms with van der Waals surface area (Å²) in [4.78, 5) is 0. The minimum absolute atomic E-state index is 0. The molecule has 0 fully saturated rings. The van der Waals surface area contributed by atoms with Gasteiger partial charge in [-0.1, -0.05) is 129 Å². The minimum Gasteiger partial charge on any atom is -1.00 e. The molecular weight excluding hydrogens is 853 g/mol. The largest absolute Gasteiger partial charge is 1.00 e. The number of halogens is 8. The van der Waals surface area contributed by atoms with Gasteiger partial charge in [0.05, 0.1) is 0 Å². The summed E-state index contributed by atoms with van der Waals surface area (Å²) in [7, 11) is 0. The number of alkyl halides is 6. The van der Waals surface area contributed by atoms with Crippen molar-refractivity contribution >= 4 is 24.8 Å². The van der Waals surface area contributed by atoms with Crippen LogP contribution in [0, 0.1) is 23.3 Å². The van der Waals surface area contributed by atoms with Crippen LogP contribution in [0.4, 0.5) is 26.3 Å². The van der Waals surface area contributed by atoms with E-state index in [1.165, 1.54) is 62.5 Å². The van der Waals surface area contributed by atoms with E-state index in [0.717, 1.165) is 48.5 Å². The summed E-state index contributed by atoms with van der Waals surface area (Å²) < 4.78 is 75.6. The summed E-state index contributed by atoms with van der Waals surface area (Å²) in [5, 5.41) is 5.48. The fourth-order valence-corrected chi connectivity index (χ4v) is 6.92. The maximum atomic E-state index is 12.5. The Bertz CT molecular complexity index is 2040. The predicted octanol–water partition coefficient (Wildman–Crippen LogP) is 8.76. The molecule has 9 heteroatoms. The molecule has 0 spiro atoms. The number of benzene rings is 4. The van der Waals surface area contributed by atoms with E-state index >= 15 is 0 Å². The Kier molecular flexibility index (Phi) is 16.8. The summed E-state index contributed by atoms with van der Waals surface area (Å²) in [6, 6.07) is 25.3. The van der Waals surface area contributed by atoms with Crippen molar-refractivity contribution in [3.63, 3.8) is 0 Å². The van der Waals surface area contributed by atoms with Gasteiger partial charge in [-0.2, -0.15) is 11.6 Å². The normalized spacial score (nSPS) is 14.6. The van der Waals surface area contributed by atoms with Gasteiger partial charge in [-0.3, -0.25) is 6.08 Å². The molecule has 5 aromatic rings. The SMILES string of the molecule is CC(C)(C)c1ccc2c(c1)[cH-]c1cc(C(C)(C)C)ccc12.CC(C)C1[C-]=CC(C(C)(C)C)=C1.FC(F)(F)c1ccc([C](=[Zr+2])c2ccc(C(F)(F)F)cc2)cc1.[Cl-].[Cl-]. The second kappa shape index (κ2) is 19.0. The topological polar surface area (TPSA) is 0 Å². The molecule has 1 unspecified atom stereocenters. The number of fused-ring (bicyclic) bond motifs is 3. The van der Waals surface area contributed by atoms with Gasteiger partial charge in [-0.25, -0.2) is 6.08 Å². The van der Waals surface area contributed by atoms with Crippen LogP contribution in [0.25, 0.3) is 21.5 Å². The van der Waals surface area contributed by atoms with Crippen LogP contribution in [0.15, 0.2) is 109 Å². The first-order chi connectivity index (χ1) is 25.2. The second-order valence-corrected chi connectivity index (χ2v) is 19.0. The molecule has 0 N–H and O–H groups in total. The van der Waals surface area contributed by atoms with Crippen molar-refractivity contribution in [1.29, 1.82) is 0 Å². The molecule has 6 rings (SSSR count). The molecule has 0 saturated carbocycles. The molecule has 0 aliphatic heterocycles. The third kappa shape index (κ3) is 13.3. The first-order valence-electron chi connectivity index (χ1n) is 18.6. The van der Waals surface area contributed by atoms with Crippen LogP contribution in [0.1, 0.15) is 110 Å². The molecule has 0 heterocycles. The van der Waals surface area contributed by atoms with Crippen molar-refractivity contribution in [2.24, 2.45) is 17.3 Å². The van der Waals surface area contributed by atoms with Crippen LogP contribution in [0.5, 0.6) is 0 Å². The zero-order chi connectivity index (χ0) is 41.3. The molecule has 0 aromatic heterocycles. The smallest absolute Gasteiger partial charge is 1.00 e. The molecule has 0 radical (unpaired) electrons. The van der Waals surface area contributed by atoms with Crippen molar-refractivity contribution < 1.29 is 75.4 Å². The molecule has 1 aliphatic carbocycles. The van der Waals surface area contributed by atoms with Crippen molar-refractivity contribution in [1.82, 2.24) is 0 Å². The van der Waals surface area contributed by atoms with Gasteiger partial charge in [0.15, 0.2) is 0 Å². The molecule has 0 saturated heterocycles. The van der Waals surface area contributed by atoms with Gasteiger partial charge in [0.25, 0.3) is 0 Å². The number of hydrogen-bond donors (Lipinski definition) is 0. The molecule has 0 amide bonds. The van der Waals surface area contributed by atoms with Crippen LogP contribution in [0.3, 0.4) is 0 Å². The Morgan fingerprint density at radius 3 is 1.18 bits per heavy atom. The van der Waals surface area contributed by atoms with Crippen molar-refractivity contribution in [2.75, 3.05) is 0 Å². The number of hydrogen-bond acceptors (Lipinski definition) is 0. The van der Waals surface area contributed by atoms with E-state index < -0.39 is 23.5 Å². The summed E-state index contributed by atoms with van der Waals surface area (Å²) in [5.74, 6) is 1.22. The third-order valence-electron chi connectivity index (χ3n) is 9.81. The fourth-order valence-electron chi connectivity index (χ4n) is 6.10. The number of rotatable bonds is 3. The van der Waals surface area contributed by atoms with E-state index in [-0.39, 0.29) is 41.1 Å². The first-order valence-corrected chi connectivity index (χ1v) is 19.8. The second-order valence-electron chi connectivity index (χ2n) is 17.7. The molecule has 57 heavy (non-hydrogen) atoms. The average molecular weight is 905 g/mol. The summed E-state index contributed by atoms with van der Waals surface area (Å²) in [6.45, 7) is 24.9. The van der Waals surface area contributed by atoms with Crippen LogP contribution in [-0.2, 0) is 47.4 Å². The molecule has 1 atom stereocenters. The molecule has 1 aliphatic rings. The molecule has 5 aromatic carbocycles. The molecule has 306 valence electrons. The Morgan fingerprint density at radius 1 is 0.561 bits per heavy atom. The monoisotopic (exact) mass is 902 g/mol. The number of allylic oxidation sites excluding steroid dienone is 4. The maximum absolute atomic E-state index is 12.5. The Morgan fingerprint density at radius 2 is 0.912 bits per heavy atom. The van der Waals surface area contributed by atoms with Crippen LogP contribution >= 0.6 is 0 Å². The first kappa shape index (κ1) is 50.3. The van der Waals surface area contributed by atoms with Crippen molar-refractivity contribution in [2.45, 2.75) is 99.3 Å². The minimum atomic E-state index is -4.41. The van der Waals surface area contributed by atoms with Crippen LogP contribution in [0.2, 0.25) is 0 Å². The average Bonchev–Trinajstić information content (AvgIpc) is 3.73. The van der Waals surface area contributed by atoms with Gasteiger partial charge in [-0.15, -0.1) is 39.7 Å². The molecule has 0 bridgehead atoms. The standard InChI is InChI=1S/C21H25.C15H8F6.C12H19.2ClH.Zr/c1-20(2,3)16-7-9-18-14(12-16)11-15-13-17(21(4,5)6)8-10-19(15)18;16-14(17,18)12-5-1-10(2-6-12)9-11-3-7-13(8-4-11)15(19,20)21;1-9(2)10-6-7-11(8-10)12(3,4)5;;;/h7-13H,1-6H3;1-8H;7-10H,1-5H3;2*1H;/q-1;;-1;;;+2/p-2. The van der Waals surface area contributed by atoms with Crippen LogP contribution < -0.4 is 24.8 Å². The maximum Gasteiger partial charge on any atom is -1.00 e. The molecule has 0 nitrogen and oxygen atoms in total. The summed E-state index contributed by atoms with van der Waals surface area (Å²) in [5.41, 5.74) is 4.54.